The molecule has 0 fully saturated rings. The number of rotatable bonds is 0. The van der Waals surface area contributed by atoms with E-state index in [9.17, 15) is 0 Å². The topological polar surface area (TPSA) is 155 Å². The predicted molar refractivity (Wildman–Crippen MR) is 17.1 cm³/mol. The van der Waals surface area contributed by atoms with Gasteiger partial charge in [0.2, 0.25) is 0 Å². The first-order valence-electron chi connectivity index (χ1n) is 1.28. The van der Waals surface area contributed by atoms with Crippen LogP contribution < -0.4 is 123 Å². The second kappa shape index (κ2) is 13.9. The second-order valence-corrected chi connectivity index (χ2v) is 4.98. The monoisotopic (exact) mass is 372 g/mol. The summed E-state index contributed by atoms with van der Waals surface area (Å²) in [5.41, 5.74) is 0. The summed E-state index contributed by atoms with van der Waals surface area (Å²) in [5.74, 6) is 0. The van der Waals surface area contributed by atoms with Crippen LogP contribution in [0.5, 0.6) is 0 Å². The van der Waals surface area contributed by atoms with Crippen molar-refractivity contribution < 1.29 is 136 Å². The smallest absolute Gasteiger partial charge is 0.780 e. The number of halogens is 1. The van der Waals surface area contributed by atoms with Crippen LogP contribution in [0.2, 0.25) is 0 Å². The normalized spacial score (nSPS) is 9.08. The van der Waals surface area contributed by atoms with Crippen molar-refractivity contribution in [1.82, 2.24) is 0 Å². The van der Waals surface area contributed by atoms with Crippen LogP contribution in [-0.4, -0.2) is 13.3 Å². The van der Waals surface area contributed by atoms with Gasteiger partial charge >= 0.3 is 88.7 Å². The van der Waals surface area contributed by atoms with Crippen LogP contribution in [0.25, 0.3) is 0 Å². The fourth-order valence-electron chi connectivity index (χ4n) is 0. The largest absolute Gasteiger partial charge is 1.00 e. The van der Waals surface area contributed by atoms with Crippen LogP contribution in [0.4, 0.5) is 0 Å². The standard InChI is InChI=1S/IO4.3Na.H2O3S2/c2-1(3,4)5;;;;1-5(2,3)4/h;;;;(H2,1,2,3,4)/q-1;3*+1;/p-2. The molecule has 0 unspecified atom stereocenters. The van der Waals surface area contributed by atoms with E-state index in [1.807, 2.05) is 0 Å². The van der Waals surface area contributed by atoms with E-state index in [0.29, 0.717) is 0 Å². The third-order valence-corrected chi connectivity index (χ3v) is 0. The van der Waals surface area contributed by atoms with Crippen molar-refractivity contribution in [2.75, 3.05) is 0 Å². The van der Waals surface area contributed by atoms with Crippen LogP contribution in [0.1, 0.15) is 0 Å². The van der Waals surface area contributed by atoms with Crippen LogP contribution in [0, 0.1) is 0 Å². The first kappa shape index (κ1) is 30.2. The van der Waals surface area contributed by atoms with Gasteiger partial charge in [-0.05, 0) is 11.2 Å². The van der Waals surface area contributed by atoms with Crippen molar-refractivity contribution in [3.05, 3.63) is 0 Å². The predicted octanol–water partition coefficient (Wildman–Crippen LogP) is -17.7. The summed E-state index contributed by atoms with van der Waals surface area (Å²) in [7, 11) is -4.33. The third-order valence-electron chi connectivity index (χ3n) is 0. The van der Waals surface area contributed by atoms with E-state index < -0.39 is 29.1 Å². The van der Waals surface area contributed by atoms with Crippen LogP contribution in [0.3, 0.4) is 0 Å². The Morgan fingerprint density at radius 3 is 0.923 bits per heavy atom. The molecule has 0 saturated carbocycles. The molecule has 0 aromatic heterocycles. The summed E-state index contributed by atoms with van der Waals surface area (Å²) in [6, 6.07) is 0. The molecule has 0 aromatic rings. The Hall–Kier alpha value is 3.86. The summed E-state index contributed by atoms with van der Waals surface area (Å²) in [6.07, 6.45) is 0. The summed E-state index contributed by atoms with van der Waals surface area (Å²) < 4.78 is 61.1. The van der Waals surface area contributed by atoms with Gasteiger partial charge in [-0.2, -0.15) is 0 Å². The van der Waals surface area contributed by atoms with Crippen molar-refractivity contribution in [1.29, 1.82) is 0 Å². The third kappa shape index (κ3) is 204. The van der Waals surface area contributed by atoms with Crippen LogP contribution >= 0.6 is 0 Å². The molecule has 0 aliphatic heterocycles. The molecule has 64 valence electrons. The molecule has 13 heavy (non-hydrogen) atoms. The Labute approximate surface area is 153 Å². The second-order valence-electron chi connectivity index (χ2n) is 0.786. The Balaban J connectivity index is -0.0000000267. The van der Waals surface area contributed by atoms with Gasteiger partial charge in [0, 0.05) is 0 Å². The zero-order chi connectivity index (χ0) is 9.00. The Morgan fingerprint density at radius 2 is 0.923 bits per heavy atom. The molecule has 0 N–H and O–H groups in total. The van der Waals surface area contributed by atoms with Gasteiger partial charge in [0.1, 0.15) is 20.1 Å². The maximum atomic E-state index is 8.89. The zero-order valence-corrected chi connectivity index (χ0v) is 16.8. The van der Waals surface area contributed by atoms with Gasteiger partial charge in [-0.25, -0.2) is 0 Å². The van der Waals surface area contributed by atoms with Crippen molar-refractivity contribution in [3.8, 4) is 0 Å². The average molecular weight is 372 g/mol. The molecular weight excluding hydrogens is 372 g/mol. The molecule has 0 amide bonds. The molecule has 0 radical (unpaired) electrons. The molecule has 13 heteroatoms. The molecule has 0 spiro atoms. The van der Waals surface area contributed by atoms with E-state index >= 15 is 0 Å². The minimum Gasteiger partial charge on any atom is -0.780 e. The Bertz CT molecular complexity index is 157. The fraction of sp³-hybridized carbons (Fsp3) is 0. The molecule has 0 saturated heterocycles. The van der Waals surface area contributed by atoms with E-state index in [-0.39, 0.29) is 88.7 Å². The summed E-state index contributed by atoms with van der Waals surface area (Å²) in [6.45, 7) is 0. The van der Waals surface area contributed by atoms with Gasteiger partial charge in [0.25, 0.3) is 0 Å². The van der Waals surface area contributed by atoms with Gasteiger partial charge in [0.05, 0.1) is 0 Å². The fourth-order valence-corrected chi connectivity index (χ4v) is 0. The van der Waals surface area contributed by atoms with Gasteiger partial charge in [-0.3, -0.25) is 18.0 Å². The average Bonchev–Trinajstić information content (AvgIpc) is 1.12. The number of hydrogen-bond acceptors (Lipinski definition) is 8. The summed E-state index contributed by atoms with van der Waals surface area (Å²) in [4.78, 5) is 0. The van der Waals surface area contributed by atoms with Gasteiger partial charge < -0.3 is 9.11 Å². The molecule has 0 heterocycles. The van der Waals surface area contributed by atoms with Crippen molar-refractivity contribution in [2.45, 2.75) is 0 Å². The molecular formula is INa3O7S2. The first-order chi connectivity index (χ1) is 4.00. The maximum absolute atomic E-state index is 8.89. The van der Waals surface area contributed by atoms with Gasteiger partial charge in [0.15, 0.2) is 0 Å². The minimum absolute atomic E-state index is 0. The molecule has 0 rings (SSSR count). The zero-order valence-electron chi connectivity index (χ0n) is 7.05. The molecule has 0 aromatic carbocycles. The van der Waals surface area contributed by atoms with Crippen molar-refractivity contribution >= 4 is 20.2 Å². The summed E-state index contributed by atoms with van der Waals surface area (Å²) in [5, 5.41) is 0. The van der Waals surface area contributed by atoms with E-state index in [2.05, 4.69) is 11.2 Å². The quantitative estimate of drug-likeness (QED) is 0.300. The SMILES string of the molecule is O=S([O-])([O-])=S.[Na+].[Na+].[Na+].[O-][I+3]([O-])([O-])[O-]. The van der Waals surface area contributed by atoms with E-state index in [1.54, 1.807) is 0 Å². The summed E-state index contributed by atoms with van der Waals surface area (Å²) >= 11 is -2.70. The van der Waals surface area contributed by atoms with Gasteiger partial charge in [-0.1, -0.05) is 0 Å². The van der Waals surface area contributed by atoms with E-state index in [1.165, 1.54) is 0 Å². The first-order valence-corrected chi connectivity index (χ1v) is 7.14. The molecule has 0 aliphatic carbocycles. The van der Waals surface area contributed by atoms with Crippen LogP contribution in [0.15, 0.2) is 0 Å². The minimum atomic E-state index is -5.94. The van der Waals surface area contributed by atoms with Gasteiger partial charge in [-0.15, -0.1) is 9.05 Å². The molecule has 7 nitrogen and oxygen atoms in total. The van der Waals surface area contributed by atoms with Crippen LogP contribution in [-0.2, 0) is 20.2 Å². The number of hydrogen-bond donors (Lipinski definition) is 0. The molecule has 0 bridgehead atoms. The Morgan fingerprint density at radius 1 is 0.923 bits per heavy atom. The van der Waals surface area contributed by atoms with E-state index in [0.717, 1.165) is 0 Å². The molecule has 0 atom stereocenters. The van der Waals surface area contributed by atoms with E-state index in [4.69, 9.17) is 27.1 Å². The van der Waals surface area contributed by atoms with Crippen molar-refractivity contribution in [3.63, 3.8) is 0 Å². The molecule has 0 aliphatic rings. The van der Waals surface area contributed by atoms with Crippen molar-refractivity contribution in [2.24, 2.45) is 0 Å². The maximum Gasteiger partial charge on any atom is 1.00 e. The Kier molecular flexibility index (Phi) is 32.3.